The van der Waals surface area contributed by atoms with Crippen molar-refractivity contribution in [3.63, 3.8) is 0 Å². The molecule has 0 aliphatic heterocycles. The molecule has 6 nitrogen and oxygen atoms in total. The molecule has 0 aliphatic rings. The molecule has 130 valence electrons. The summed E-state index contributed by atoms with van der Waals surface area (Å²) in [5.74, 6) is 1.43. The number of benzene rings is 1. The molecule has 0 radical (unpaired) electrons. The Kier molecular flexibility index (Phi) is 5.28. The minimum Gasteiger partial charge on any atom is -0.482 e. The van der Waals surface area contributed by atoms with E-state index in [9.17, 15) is 0 Å². The number of nitrogen functional groups attached to an aromatic ring is 1. The molecule has 0 amide bonds. The number of anilines is 2. The van der Waals surface area contributed by atoms with Crippen LogP contribution >= 0.6 is 0 Å². The van der Waals surface area contributed by atoms with E-state index in [0.717, 1.165) is 35.9 Å². The number of nitrogens with zero attached hydrogens (tertiary/aromatic N) is 3. The van der Waals surface area contributed by atoms with Gasteiger partial charge in [0.1, 0.15) is 6.61 Å². The summed E-state index contributed by atoms with van der Waals surface area (Å²) in [6, 6.07) is 8.31. The number of fused-ring (bicyclic) bond motifs is 1. The van der Waals surface area contributed by atoms with Gasteiger partial charge in [-0.05, 0) is 24.8 Å². The summed E-state index contributed by atoms with van der Waals surface area (Å²) < 4.78 is 5.94. The van der Waals surface area contributed by atoms with Gasteiger partial charge < -0.3 is 15.8 Å². The van der Waals surface area contributed by atoms with Gasteiger partial charge in [0.25, 0.3) is 0 Å². The molecule has 0 saturated heterocycles. The van der Waals surface area contributed by atoms with E-state index < -0.39 is 0 Å². The topological polar surface area (TPSA) is 86.0 Å². The van der Waals surface area contributed by atoms with Gasteiger partial charge in [0, 0.05) is 18.1 Å². The van der Waals surface area contributed by atoms with Crippen molar-refractivity contribution < 1.29 is 4.74 Å². The van der Waals surface area contributed by atoms with Crippen molar-refractivity contribution in [1.29, 1.82) is 0 Å². The van der Waals surface area contributed by atoms with Gasteiger partial charge in [-0.1, -0.05) is 37.1 Å². The fourth-order valence-electron chi connectivity index (χ4n) is 2.62. The van der Waals surface area contributed by atoms with Crippen LogP contribution in [0, 0.1) is 6.92 Å². The molecule has 0 bridgehead atoms. The van der Waals surface area contributed by atoms with Crippen LogP contribution in [-0.2, 0) is 6.61 Å². The highest BCUT2D eigenvalue weighted by Gasteiger charge is 2.09. The Morgan fingerprint density at radius 2 is 2.08 bits per heavy atom. The minimum absolute atomic E-state index is 0.227. The van der Waals surface area contributed by atoms with E-state index in [1.54, 1.807) is 12.4 Å². The molecule has 3 aromatic rings. The van der Waals surface area contributed by atoms with Crippen molar-refractivity contribution in [3.8, 4) is 5.75 Å². The lowest BCUT2D eigenvalue weighted by atomic mass is 10.1. The number of aromatic nitrogens is 3. The van der Waals surface area contributed by atoms with Crippen molar-refractivity contribution in [1.82, 2.24) is 15.0 Å². The highest BCUT2D eigenvalue weighted by atomic mass is 16.5. The van der Waals surface area contributed by atoms with E-state index in [1.165, 1.54) is 5.56 Å². The van der Waals surface area contributed by atoms with E-state index in [2.05, 4.69) is 52.3 Å². The maximum atomic E-state index is 5.94. The number of aryl methyl sites for hydroxylation is 1. The van der Waals surface area contributed by atoms with Crippen LogP contribution in [0.2, 0.25) is 0 Å². The molecule has 6 heteroatoms. The van der Waals surface area contributed by atoms with Crippen molar-refractivity contribution >= 4 is 22.5 Å². The van der Waals surface area contributed by atoms with Crippen molar-refractivity contribution in [2.45, 2.75) is 33.3 Å². The second kappa shape index (κ2) is 7.79. The third kappa shape index (κ3) is 4.15. The first-order valence-corrected chi connectivity index (χ1v) is 8.51. The average molecular weight is 337 g/mol. The number of unbranched alkanes of at least 4 members (excludes halogenated alkanes) is 1. The van der Waals surface area contributed by atoms with Crippen LogP contribution in [-0.4, -0.2) is 21.5 Å². The molecule has 0 spiro atoms. The Bertz CT molecular complexity index is 866. The van der Waals surface area contributed by atoms with Crippen LogP contribution in [0.25, 0.3) is 10.8 Å². The average Bonchev–Trinajstić information content (AvgIpc) is 2.61. The normalized spacial score (nSPS) is 10.8. The molecule has 0 saturated carbocycles. The van der Waals surface area contributed by atoms with Crippen LogP contribution in [0.15, 0.2) is 36.7 Å². The fraction of sp³-hybridized carbons (Fsp3) is 0.316. The second-order valence-corrected chi connectivity index (χ2v) is 5.99. The Morgan fingerprint density at radius 1 is 1.20 bits per heavy atom. The monoisotopic (exact) mass is 337 g/mol. The highest BCUT2D eigenvalue weighted by molar-refractivity contribution is 5.84. The number of nitrogens with two attached hydrogens (primary N) is 1. The fourth-order valence-corrected chi connectivity index (χ4v) is 2.62. The first-order chi connectivity index (χ1) is 12.2. The maximum absolute atomic E-state index is 5.94. The summed E-state index contributed by atoms with van der Waals surface area (Å²) in [5.41, 5.74) is 7.80. The molecule has 3 rings (SSSR count). The van der Waals surface area contributed by atoms with Gasteiger partial charge in [0.05, 0.1) is 11.9 Å². The summed E-state index contributed by atoms with van der Waals surface area (Å²) in [6.45, 7) is 5.38. The van der Waals surface area contributed by atoms with Gasteiger partial charge in [-0.2, -0.15) is 4.98 Å². The smallest absolute Gasteiger partial charge is 0.222 e. The van der Waals surface area contributed by atoms with Gasteiger partial charge in [0.2, 0.25) is 5.95 Å². The minimum atomic E-state index is 0.227. The molecule has 3 N–H and O–H groups in total. The predicted octanol–water partition coefficient (Wildman–Crippen LogP) is 3.71. The summed E-state index contributed by atoms with van der Waals surface area (Å²) >= 11 is 0. The van der Waals surface area contributed by atoms with Gasteiger partial charge in [0.15, 0.2) is 11.6 Å². The van der Waals surface area contributed by atoms with Crippen molar-refractivity contribution in [3.05, 3.63) is 47.9 Å². The Balaban J connectivity index is 1.80. The van der Waals surface area contributed by atoms with E-state index in [1.807, 2.05) is 6.07 Å². The van der Waals surface area contributed by atoms with Crippen LogP contribution in [0.4, 0.5) is 11.8 Å². The lowest BCUT2D eigenvalue weighted by Gasteiger charge is -2.13. The van der Waals surface area contributed by atoms with Crippen LogP contribution in [0.5, 0.6) is 5.75 Å². The standard InChI is InChI=1S/C19H23N5O/c1-3-4-8-22-18-17(11-23-19(20)24-18)25-12-16-15-6-5-13(2)10-14(15)7-9-21-16/h5-7,9-11H,3-4,8,12H2,1-2H3,(H3,20,22,23,24). The zero-order chi connectivity index (χ0) is 17.6. The van der Waals surface area contributed by atoms with E-state index in [-0.39, 0.29) is 5.95 Å². The lowest BCUT2D eigenvalue weighted by Crippen LogP contribution is -2.09. The van der Waals surface area contributed by atoms with E-state index >= 15 is 0 Å². The molecular formula is C19H23N5O. The Morgan fingerprint density at radius 3 is 2.92 bits per heavy atom. The molecule has 0 atom stereocenters. The third-order valence-electron chi connectivity index (χ3n) is 3.96. The molecule has 2 aromatic heterocycles. The first-order valence-electron chi connectivity index (χ1n) is 8.51. The second-order valence-electron chi connectivity index (χ2n) is 5.99. The Labute approximate surface area is 147 Å². The van der Waals surface area contributed by atoms with E-state index in [0.29, 0.717) is 18.2 Å². The van der Waals surface area contributed by atoms with Crippen LogP contribution in [0.1, 0.15) is 31.0 Å². The number of hydrogen-bond acceptors (Lipinski definition) is 6. The number of nitrogens with one attached hydrogen (secondary N) is 1. The van der Waals surface area contributed by atoms with Crippen LogP contribution in [0.3, 0.4) is 0 Å². The lowest BCUT2D eigenvalue weighted by molar-refractivity contribution is 0.302. The van der Waals surface area contributed by atoms with Gasteiger partial charge in [-0.25, -0.2) is 4.98 Å². The molecule has 0 unspecified atom stereocenters. The largest absolute Gasteiger partial charge is 0.482 e. The number of rotatable bonds is 7. The number of hydrogen-bond donors (Lipinski definition) is 2. The number of ether oxygens (including phenoxy) is 1. The predicted molar refractivity (Wildman–Crippen MR) is 101 cm³/mol. The zero-order valence-corrected chi connectivity index (χ0v) is 14.6. The molecule has 0 fully saturated rings. The SMILES string of the molecule is CCCCNc1nc(N)ncc1OCc1nccc2cc(C)ccc12. The zero-order valence-electron chi connectivity index (χ0n) is 14.6. The maximum Gasteiger partial charge on any atom is 0.222 e. The summed E-state index contributed by atoms with van der Waals surface area (Å²) in [5, 5.41) is 5.50. The quantitative estimate of drug-likeness (QED) is 0.639. The van der Waals surface area contributed by atoms with E-state index in [4.69, 9.17) is 10.5 Å². The summed E-state index contributed by atoms with van der Waals surface area (Å²) in [4.78, 5) is 12.7. The summed E-state index contributed by atoms with van der Waals surface area (Å²) in [7, 11) is 0. The van der Waals surface area contributed by atoms with Crippen LogP contribution < -0.4 is 15.8 Å². The molecular weight excluding hydrogens is 314 g/mol. The molecule has 2 heterocycles. The summed E-state index contributed by atoms with van der Waals surface area (Å²) in [6.07, 6.45) is 5.56. The highest BCUT2D eigenvalue weighted by Crippen LogP contribution is 2.24. The molecule has 1 aromatic carbocycles. The molecule has 0 aliphatic carbocycles. The Hall–Kier alpha value is -2.89. The first kappa shape index (κ1) is 17.0. The van der Waals surface area contributed by atoms with Gasteiger partial charge in [-0.15, -0.1) is 0 Å². The van der Waals surface area contributed by atoms with Crippen molar-refractivity contribution in [2.24, 2.45) is 0 Å². The third-order valence-corrected chi connectivity index (χ3v) is 3.96. The van der Waals surface area contributed by atoms with Gasteiger partial charge >= 0.3 is 0 Å². The van der Waals surface area contributed by atoms with Crippen molar-refractivity contribution in [2.75, 3.05) is 17.6 Å². The molecule has 25 heavy (non-hydrogen) atoms. The van der Waals surface area contributed by atoms with Gasteiger partial charge in [-0.3, -0.25) is 4.98 Å². The number of pyridine rings is 1.